The molecule has 2 aromatic carbocycles. The number of amides is 2. The van der Waals surface area contributed by atoms with E-state index in [1.807, 2.05) is 6.07 Å². The van der Waals surface area contributed by atoms with Crippen molar-refractivity contribution in [2.45, 2.75) is 0 Å². The van der Waals surface area contributed by atoms with Gasteiger partial charge in [-0.2, -0.15) is 0 Å². The first-order valence-electron chi connectivity index (χ1n) is 7.10. The van der Waals surface area contributed by atoms with Gasteiger partial charge in [-0.25, -0.2) is 5.01 Å². The van der Waals surface area contributed by atoms with Crippen LogP contribution in [0.15, 0.2) is 50.9 Å². The normalized spacial score (nSPS) is 15.6. The Hall–Kier alpha value is -2.32. The maximum Gasteiger partial charge on any atom is 0.282 e. The van der Waals surface area contributed by atoms with Crippen molar-refractivity contribution in [2.75, 3.05) is 12.1 Å². The zero-order valence-electron chi connectivity index (χ0n) is 12.9. The Morgan fingerprint density at radius 3 is 2.60 bits per heavy atom. The molecule has 3 rings (SSSR count). The molecule has 128 valence electrons. The Balaban J connectivity index is 2.01. The second-order valence-electron chi connectivity index (χ2n) is 5.17. The Labute approximate surface area is 160 Å². The van der Waals surface area contributed by atoms with Crippen LogP contribution in [0, 0.1) is 0 Å². The van der Waals surface area contributed by atoms with Crippen LogP contribution in [0.3, 0.4) is 0 Å². The number of phenolic OH excluding ortho intramolecular Hbond substituents is 1. The molecule has 0 unspecified atom stereocenters. The SMILES string of the molecule is COc1cc(Br)cc(/C=C2\C(=O)NN(c3cccc(Br)c3)C2=O)c1O. The number of halogens is 2. The molecule has 1 saturated heterocycles. The van der Waals surface area contributed by atoms with Crippen molar-refractivity contribution in [1.82, 2.24) is 5.43 Å². The average Bonchev–Trinajstić information content (AvgIpc) is 2.86. The Morgan fingerprint density at radius 2 is 1.92 bits per heavy atom. The quantitative estimate of drug-likeness (QED) is 0.535. The number of aromatic hydroxyl groups is 1. The van der Waals surface area contributed by atoms with E-state index in [0.29, 0.717) is 15.7 Å². The molecule has 0 saturated carbocycles. The molecule has 2 N–H and O–H groups in total. The predicted octanol–water partition coefficient (Wildman–Crippen LogP) is 3.39. The minimum absolute atomic E-state index is 0.0876. The second-order valence-corrected chi connectivity index (χ2v) is 7.00. The number of carbonyl (C=O) groups is 2. The van der Waals surface area contributed by atoms with E-state index >= 15 is 0 Å². The number of benzene rings is 2. The van der Waals surface area contributed by atoms with Crippen molar-refractivity contribution in [3.63, 3.8) is 0 Å². The molecule has 6 nitrogen and oxygen atoms in total. The van der Waals surface area contributed by atoms with Crippen molar-refractivity contribution >= 4 is 55.4 Å². The molecule has 2 aromatic rings. The molecule has 8 heteroatoms. The van der Waals surface area contributed by atoms with Crippen LogP contribution in [0.1, 0.15) is 5.56 Å². The number of phenols is 1. The van der Waals surface area contributed by atoms with Gasteiger partial charge in [-0.05, 0) is 36.4 Å². The van der Waals surface area contributed by atoms with Crippen molar-refractivity contribution in [3.8, 4) is 11.5 Å². The van der Waals surface area contributed by atoms with Crippen LogP contribution in [-0.2, 0) is 9.59 Å². The van der Waals surface area contributed by atoms with Gasteiger partial charge in [-0.15, -0.1) is 0 Å². The zero-order valence-corrected chi connectivity index (χ0v) is 16.1. The summed E-state index contributed by atoms with van der Waals surface area (Å²) in [5, 5.41) is 11.4. The standard InChI is InChI=1S/C17H12Br2N2O4/c1-25-14-8-11(19)5-9(15(14)22)6-13-16(23)20-21(17(13)24)12-4-2-3-10(18)7-12/h2-8,22H,1H3,(H,20,23)/b13-6+. The lowest BCUT2D eigenvalue weighted by molar-refractivity contribution is -0.117. The number of methoxy groups -OCH3 is 1. The zero-order chi connectivity index (χ0) is 18.1. The van der Waals surface area contributed by atoms with Crippen molar-refractivity contribution < 1.29 is 19.4 Å². The van der Waals surface area contributed by atoms with E-state index in [1.54, 1.807) is 30.3 Å². The number of hydrazine groups is 1. The van der Waals surface area contributed by atoms with Crippen LogP contribution < -0.4 is 15.2 Å². The van der Waals surface area contributed by atoms with Crippen LogP contribution in [0.4, 0.5) is 5.69 Å². The fourth-order valence-electron chi connectivity index (χ4n) is 2.37. The van der Waals surface area contributed by atoms with Crippen molar-refractivity contribution in [1.29, 1.82) is 0 Å². The van der Waals surface area contributed by atoms with E-state index in [1.165, 1.54) is 13.2 Å². The summed E-state index contributed by atoms with van der Waals surface area (Å²) in [5.41, 5.74) is 3.24. The van der Waals surface area contributed by atoms with E-state index in [-0.39, 0.29) is 17.1 Å². The lowest BCUT2D eigenvalue weighted by Crippen LogP contribution is -2.35. The molecule has 1 heterocycles. The molecule has 0 atom stereocenters. The smallest absolute Gasteiger partial charge is 0.282 e. The molecular formula is C17H12Br2N2O4. The minimum Gasteiger partial charge on any atom is -0.504 e. The Kier molecular flexibility index (Phi) is 4.82. The van der Waals surface area contributed by atoms with E-state index in [9.17, 15) is 14.7 Å². The molecule has 1 aliphatic rings. The lowest BCUT2D eigenvalue weighted by Gasteiger charge is -2.14. The van der Waals surface area contributed by atoms with Crippen LogP contribution in [-0.4, -0.2) is 24.0 Å². The van der Waals surface area contributed by atoms with Crippen LogP contribution in [0.25, 0.3) is 6.08 Å². The van der Waals surface area contributed by atoms with Gasteiger partial charge in [0, 0.05) is 14.5 Å². The van der Waals surface area contributed by atoms with E-state index < -0.39 is 11.8 Å². The number of nitrogens with one attached hydrogen (secondary N) is 1. The summed E-state index contributed by atoms with van der Waals surface area (Å²) in [6.45, 7) is 0. The highest BCUT2D eigenvalue weighted by molar-refractivity contribution is 9.10. The van der Waals surface area contributed by atoms with Gasteiger partial charge in [-0.1, -0.05) is 37.9 Å². The van der Waals surface area contributed by atoms with Crippen LogP contribution in [0.5, 0.6) is 11.5 Å². The predicted molar refractivity (Wildman–Crippen MR) is 100 cm³/mol. The van der Waals surface area contributed by atoms with Gasteiger partial charge in [0.25, 0.3) is 11.8 Å². The molecule has 0 aliphatic carbocycles. The molecule has 0 radical (unpaired) electrons. The summed E-state index contributed by atoms with van der Waals surface area (Å²) in [7, 11) is 1.42. The molecule has 0 spiro atoms. The summed E-state index contributed by atoms with van der Waals surface area (Å²) in [4.78, 5) is 24.8. The highest BCUT2D eigenvalue weighted by Gasteiger charge is 2.34. The fraction of sp³-hybridized carbons (Fsp3) is 0.0588. The Bertz CT molecular complexity index is 912. The van der Waals surface area contributed by atoms with Crippen molar-refractivity contribution in [2.24, 2.45) is 0 Å². The number of ether oxygens (including phenoxy) is 1. The topological polar surface area (TPSA) is 78.9 Å². The van der Waals surface area contributed by atoms with Gasteiger partial charge in [0.2, 0.25) is 0 Å². The summed E-state index contributed by atoms with van der Waals surface area (Å²) in [5.74, 6) is -0.986. The molecule has 0 bridgehead atoms. The number of carbonyl (C=O) groups excluding carboxylic acids is 2. The molecule has 25 heavy (non-hydrogen) atoms. The van der Waals surface area contributed by atoms with Gasteiger partial charge in [0.1, 0.15) is 5.57 Å². The maximum absolute atomic E-state index is 12.6. The van der Waals surface area contributed by atoms with Crippen LogP contribution >= 0.6 is 31.9 Å². The van der Waals surface area contributed by atoms with Gasteiger partial charge in [0.15, 0.2) is 11.5 Å². The third-order valence-corrected chi connectivity index (χ3v) is 4.50. The molecule has 2 amide bonds. The van der Waals surface area contributed by atoms with Gasteiger partial charge >= 0.3 is 0 Å². The fourth-order valence-corrected chi connectivity index (χ4v) is 3.21. The molecule has 1 fully saturated rings. The van der Waals surface area contributed by atoms with Gasteiger partial charge in [-0.3, -0.25) is 15.0 Å². The summed E-state index contributed by atoms with van der Waals surface area (Å²) >= 11 is 6.63. The third kappa shape index (κ3) is 3.40. The molecule has 1 aliphatic heterocycles. The van der Waals surface area contributed by atoms with E-state index in [2.05, 4.69) is 37.3 Å². The average molecular weight is 468 g/mol. The number of rotatable bonds is 3. The molecular weight excluding hydrogens is 456 g/mol. The van der Waals surface area contributed by atoms with Crippen LogP contribution in [0.2, 0.25) is 0 Å². The van der Waals surface area contributed by atoms with Crippen molar-refractivity contribution in [3.05, 3.63) is 56.5 Å². The summed E-state index contributed by atoms with van der Waals surface area (Å²) in [6, 6.07) is 10.2. The second kappa shape index (κ2) is 6.89. The highest BCUT2D eigenvalue weighted by Crippen LogP contribution is 2.35. The molecule has 0 aromatic heterocycles. The van der Waals surface area contributed by atoms with E-state index in [4.69, 9.17) is 4.74 Å². The number of hydrogen-bond acceptors (Lipinski definition) is 4. The largest absolute Gasteiger partial charge is 0.504 e. The first-order chi connectivity index (χ1) is 11.9. The first-order valence-corrected chi connectivity index (χ1v) is 8.68. The lowest BCUT2D eigenvalue weighted by atomic mass is 10.1. The summed E-state index contributed by atoms with van der Waals surface area (Å²) in [6.07, 6.45) is 1.33. The number of hydrogen-bond donors (Lipinski definition) is 2. The first kappa shape index (κ1) is 17.5. The monoisotopic (exact) mass is 466 g/mol. The highest BCUT2D eigenvalue weighted by atomic mass is 79.9. The summed E-state index contributed by atoms with van der Waals surface area (Å²) < 4.78 is 6.50. The van der Waals surface area contributed by atoms with E-state index in [0.717, 1.165) is 9.48 Å². The number of nitrogens with zero attached hydrogens (tertiary/aromatic N) is 1. The third-order valence-electron chi connectivity index (χ3n) is 3.55. The maximum atomic E-state index is 12.6. The van der Waals surface area contributed by atoms with Gasteiger partial charge < -0.3 is 9.84 Å². The minimum atomic E-state index is -0.552. The Morgan fingerprint density at radius 1 is 1.16 bits per heavy atom. The number of anilines is 1. The van der Waals surface area contributed by atoms with Gasteiger partial charge in [0.05, 0.1) is 12.8 Å².